The van der Waals surface area contributed by atoms with Gasteiger partial charge in [-0.05, 0) is 59.7 Å². The predicted molar refractivity (Wildman–Crippen MR) is 127 cm³/mol. The van der Waals surface area contributed by atoms with E-state index in [1.54, 1.807) is 24.3 Å². The molecule has 0 aliphatic carbocycles. The normalized spacial score (nSPS) is 11.3. The number of hydrogen-bond acceptors (Lipinski definition) is 6. The third-order valence-electron chi connectivity index (χ3n) is 4.54. The van der Waals surface area contributed by atoms with Gasteiger partial charge in [-0.2, -0.15) is 5.10 Å². The zero-order valence-corrected chi connectivity index (χ0v) is 19.0. The van der Waals surface area contributed by atoms with E-state index in [-0.39, 0.29) is 17.8 Å². The van der Waals surface area contributed by atoms with Crippen LogP contribution in [0.15, 0.2) is 77.9 Å². The van der Waals surface area contributed by atoms with Crippen molar-refractivity contribution in [1.29, 1.82) is 0 Å². The molecule has 3 aromatic carbocycles. The Bertz CT molecular complexity index is 1280. The zero-order valence-electron chi connectivity index (χ0n) is 17.4. The van der Waals surface area contributed by atoms with Crippen molar-refractivity contribution in [2.45, 2.75) is 6.54 Å². The van der Waals surface area contributed by atoms with Crippen molar-refractivity contribution in [3.8, 4) is 0 Å². The number of anilines is 1. The van der Waals surface area contributed by atoms with Crippen LogP contribution in [-0.2, 0) is 16.6 Å². The molecule has 0 atom stereocenters. The molecule has 0 bridgehead atoms. The van der Waals surface area contributed by atoms with Gasteiger partial charge in [0.1, 0.15) is 0 Å². The molecule has 3 rings (SSSR count). The summed E-state index contributed by atoms with van der Waals surface area (Å²) < 4.78 is 25.9. The first-order valence-electron chi connectivity index (χ1n) is 9.53. The molecule has 33 heavy (non-hydrogen) atoms. The lowest BCUT2D eigenvalue weighted by Gasteiger charge is -2.22. The van der Waals surface area contributed by atoms with Crippen LogP contribution in [0.2, 0.25) is 5.02 Å². The van der Waals surface area contributed by atoms with Crippen molar-refractivity contribution in [2.75, 3.05) is 10.6 Å². The quantitative estimate of drug-likeness (QED) is 0.293. The molecular formula is C22H19ClN4O5S. The zero-order chi connectivity index (χ0) is 24.0. The van der Waals surface area contributed by atoms with Crippen LogP contribution in [0.5, 0.6) is 0 Å². The number of nitrogens with zero attached hydrogens (tertiary/aromatic N) is 3. The number of amides is 1. The van der Waals surface area contributed by atoms with Crippen LogP contribution in [0.1, 0.15) is 21.5 Å². The van der Waals surface area contributed by atoms with Crippen molar-refractivity contribution in [2.24, 2.45) is 5.10 Å². The fraction of sp³-hybridized carbons (Fsp3) is 0.0909. The van der Waals surface area contributed by atoms with E-state index in [1.807, 2.05) is 0 Å². The molecule has 11 heteroatoms. The maximum absolute atomic E-state index is 12.3. The van der Waals surface area contributed by atoms with Crippen LogP contribution in [0.4, 0.5) is 11.4 Å². The van der Waals surface area contributed by atoms with Gasteiger partial charge >= 0.3 is 0 Å². The van der Waals surface area contributed by atoms with E-state index < -0.39 is 20.9 Å². The summed E-state index contributed by atoms with van der Waals surface area (Å²) in [4.78, 5) is 22.5. The lowest BCUT2D eigenvalue weighted by Crippen LogP contribution is -2.29. The number of hydrogen-bond donors (Lipinski definition) is 1. The Balaban J connectivity index is 1.68. The molecule has 0 aromatic heterocycles. The van der Waals surface area contributed by atoms with Crippen LogP contribution < -0.4 is 9.73 Å². The molecule has 0 saturated carbocycles. The highest BCUT2D eigenvalue weighted by atomic mass is 35.5. The lowest BCUT2D eigenvalue weighted by molar-refractivity contribution is -0.384. The average Bonchev–Trinajstić information content (AvgIpc) is 2.78. The summed E-state index contributed by atoms with van der Waals surface area (Å²) in [7, 11) is -3.58. The first-order chi connectivity index (χ1) is 15.6. The Morgan fingerprint density at radius 3 is 2.21 bits per heavy atom. The fourth-order valence-corrected chi connectivity index (χ4v) is 3.86. The molecule has 0 radical (unpaired) electrons. The summed E-state index contributed by atoms with van der Waals surface area (Å²) in [6, 6.07) is 18.6. The van der Waals surface area contributed by atoms with Gasteiger partial charge in [-0.3, -0.25) is 19.2 Å². The van der Waals surface area contributed by atoms with Gasteiger partial charge in [-0.25, -0.2) is 13.8 Å². The Morgan fingerprint density at radius 1 is 1.06 bits per heavy atom. The molecule has 3 aromatic rings. The van der Waals surface area contributed by atoms with Crippen LogP contribution in [0.3, 0.4) is 0 Å². The Labute approximate surface area is 195 Å². The Morgan fingerprint density at radius 2 is 1.67 bits per heavy atom. The molecule has 1 amide bonds. The largest absolute Gasteiger partial charge is 0.271 e. The molecule has 0 saturated heterocycles. The number of carbonyl (C=O) groups excluding carboxylic acids is 1. The number of sulfonamides is 1. The Kier molecular flexibility index (Phi) is 7.41. The van der Waals surface area contributed by atoms with E-state index in [0.29, 0.717) is 16.3 Å². The number of halogens is 1. The summed E-state index contributed by atoms with van der Waals surface area (Å²) in [6.07, 6.45) is 2.46. The molecule has 1 N–H and O–H groups in total. The van der Waals surface area contributed by atoms with E-state index >= 15 is 0 Å². The van der Waals surface area contributed by atoms with Gasteiger partial charge in [0.05, 0.1) is 29.6 Å². The summed E-state index contributed by atoms with van der Waals surface area (Å²) in [5.74, 6) is -0.497. The molecule has 0 spiro atoms. The number of nitro groups is 1. The van der Waals surface area contributed by atoms with Crippen LogP contribution in [-0.4, -0.2) is 31.7 Å². The van der Waals surface area contributed by atoms with Crippen molar-refractivity contribution in [3.05, 3.63) is 105 Å². The maximum atomic E-state index is 12.3. The van der Waals surface area contributed by atoms with Gasteiger partial charge in [-0.1, -0.05) is 23.7 Å². The van der Waals surface area contributed by atoms with Gasteiger partial charge in [0.25, 0.3) is 11.6 Å². The molecule has 9 nitrogen and oxygen atoms in total. The number of non-ortho nitro benzene ring substituents is 1. The minimum atomic E-state index is -3.58. The standard InChI is InChI=1S/C22H19ClN4O5S/c1-33(31,32)26(15-17-2-8-19(23)9-3-17)20-12-6-18(7-13-20)22(28)25-24-14-16-4-10-21(11-5-16)27(29)30/h2-14H,15H2,1H3,(H,25,28)/b24-14-. The summed E-state index contributed by atoms with van der Waals surface area (Å²) in [5, 5.41) is 15.1. The lowest BCUT2D eigenvalue weighted by atomic mass is 10.2. The van der Waals surface area contributed by atoms with Crippen molar-refractivity contribution < 1.29 is 18.1 Å². The van der Waals surface area contributed by atoms with Crippen LogP contribution in [0.25, 0.3) is 0 Å². The molecule has 0 aliphatic heterocycles. The SMILES string of the molecule is CS(=O)(=O)N(Cc1ccc(Cl)cc1)c1ccc(C(=O)N/N=C\c2ccc([N+](=O)[O-])cc2)cc1. The number of hydrazone groups is 1. The summed E-state index contributed by atoms with van der Waals surface area (Å²) in [6.45, 7) is 0.112. The topological polar surface area (TPSA) is 122 Å². The second-order valence-corrected chi connectivity index (χ2v) is 9.33. The smallest absolute Gasteiger partial charge is 0.267 e. The van der Waals surface area contributed by atoms with Crippen LogP contribution >= 0.6 is 11.6 Å². The maximum Gasteiger partial charge on any atom is 0.271 e. The number of nitrogens with one attached hydrogen (secondary N) is 1. The fourth-order valence-electron chi connectivity index (χ4n) is 2.85. The highest BCUT2D eigenvalue weighted by Crippen LogP contribution is 2.22. The second-order valence-electron chi connectivity index (χ2n) is 6.99. The van der Waals surface area contributed by atoms with Crippen molar-refractivity contribution in [3.63, 3.8) is 0 Å². The van der Waals surface area contributed by atoms with E-state index in [2.05, 4.69) is 10.5 Å². The average molecular weight is 487 g/mol. The van der Waals surface area contributed by atoms with Crippen LogP contribution in [0, 0.1) is 10.1 Å². The third-order valence-corrected chi connectivity index (χ3v) is 5.93. The second kappa shape index (κ2) is 10.2. The highest BCUT2D eigenvalue weighted by Gasteiger charge is 2.18. The first kappa shape index (κ1) is 23.9. The van der Waals surface area contributed by atoms with E-state index in [0.717, 1.165) is 11.8 Å². The molecule has 0 heterocycles. The molecule has 170 valence electrons. The van der Waals surface area contributed by atoms with Crippen molar-refractivity contribution in [1.82, 2.24) is 5.43 Å². The van der Waals surface area contributed by atoms with E-state index in [1.165, 1.54) is 59.1 Å². The van der Waals surface area contributed by atoms with Gasteiger partial charge in [0.15, 0.2) is 0 Å². The molecular weight excluding hydrogens is 468 g/mol. The molecule has 0 unspecified atom stereocenters. The molecule has 0 aliphatic rings. The highest BCUT2D eigenvalue weighted by molar-refractivity contribution is 7.92. The van der Waals surface area contributed by atoms with Gasteiger partial charge in [-0.15, -0.1) is 0 Å². The Hall–Kier alpha value is -3.76. The monoisotopic (exact) mass is 486 g/mol. The van der Waals surface area contributed by atoms with Gasteiger partial charge < -0.3 is 0 Å². The minimum Gasteiger partial charge on any atom is -0.267 e. The van der Waals surface area contributed by atoms with Crippen molar-refractivity contribution >= 4 is 45.1 Å². The number of nitro benzene ring substituents is 1. The predicted octanol–water partition coefficient (Wildman–Crippen LogP) is 3.98. The van der Waals surface area contributed by atoms with Gasteiger partial charge in [0, 0.05) is 22.7 Å². The third kappa shape index (κ3) is 6.61. The molecule has 0 fully saturated rings. The number of benzene rings is 3. The number of rotatable bonds is 8. The van der Waals surface area contributed by atoms with E-state index in [4.69, 9.17) is 11.6 Å². The number of carbonyl (C=O) groups is 1. The minimum absolute atomic E-state index is 0.0459. The van der Waals surface area contributed by atoms with Gasteiger partial charge in [0.2, 0.25) is 10.0 Å². The summed E-state index contributed by atoms with van der Waals surface area (Å²) in [5.41, 5.74) is 4.32. The van der Waals surface area contributed by atoms with E-state index in [9.17, 15) is 23.3 Å². The first-order valence-corrected chi connectivity index (χ1v) is 11.8. The summed E-state index contributed by atoms with van der Waals surface area (Å²) >= 11 is 5.89.